The molecule has 1 saturated heterocycles. The van der Waals surface area contributed by atoms with Crippen molar-refractivity contribution in [3.05, 3.63) is 0 Å². The van der Waals surface area contributed by atoms with Crippen molar-refractivity contribution in [3.63, 3.8) is 0 Å². The van der Waals surface area contributed by atoms with Gasteiger partial charge >= 0.3 is 5.97 Å². The van der Waals surface area contributed by atoms with Gasteiger partial charge in [0.2, 0.25) is 0 Å². The molecule has 0 bridgehead atoms. The van der Waals surface area contributed by atoms with Gasteiger partial charge < -0.3 is 19.9 Å². The zero-order valence-electron chi connectivity index (χ0n) is 11.8. The predicted molar refractivity (Wildman–Crippen MR) is 68.0 cm³/mol. The molecule has 0 saturated carbocycles. The molecule has 106 valence electrons. The largest absolute Gasteiger partial charge is 0.460 e. The van der Waals surface area contributed by atoms with Crippen LogP contribution in [0.2, 0.25) is 0 Å². The van der Waals surface area contributed by atoms with E-state index >= 15 is 0 Å². The first-order valence-corrected chi connectivity index (χ1v) is 6.53. The molecule has 1 aliphatic heterocycles. The molecule has 0 radical (unpaired) electrons. The summed E-state index contributed by atoms with van der Waals surface area (Å²) in [5, 5.41) is 0. The van der Waals surface area contributed by atoms with Crippen molar-refractivity contribution in [2.24, 2.45) is 5.73 Å². The Hall–Kier alpha value is -0.650. The van der Waals surface area contributed by atoms with E-state index in [0.717, 1.165) is 6.42 Å². The van der Waals surface area contributed by atoms with Gasteiger partial charge in [0.1, 0.15) is 5.60 Å². The Morgan fingerprint density at radius 3 is 2.50 bits per heavy atom. The molecule has 0 aromatic heterocycles. The van der Waals surface area contributed by atoms with Crippen molar-refractivity contribution < 1.29 is 19.0 Å². The number of carbonyl (C=O) groups excluding carboxylic acids is 1. The normalized spacial score (nSPS) is 29.1. The number of rotatable bonds is 4. The van der Waals surface area contributed by atoms with Gasteiger partial charge in [0.05, 0.1) is 18.6 Å². The summed E-state index contributed by atoms with van der Waals surface area (Å²) in [5.74, 6) is -0.229. The summed E-state index contributed by atoms with van der Waals surface area (Å²) in [5.41, 5.74) is 5.07. The topological polar surface area (TPSA) is 70.8 Å². The fourth-order valence-electron chi connectivity index (χ4n) is 2.05. The Balaban J connectivity index is 2.43. The van der Waals surface area contributed by atoms with Crippen molar-refractivity contribution >= 4 is 5.97 Å². The van der Waals surface area contributed by atoms with Gasteiger partial charge in [0, 0.05) is 6.42 Å². The number of esters is 1. The van der Waals surface area contributed by atoms with E-state index in [1.54, 1.807) is 0 Å². The van der Waals surface area contributed by atoms with Crippen molar-refractivity contribution in [2.75, 3.05) is 6.54 Å². The maximum absolute atomic E-state index is 11.7. The molecule has 2 N–H and O–H groups in total. The van der Waals surface area contributed by atoms with Gasteiger partial charge in [-0.1, -0.05) is 0 Å². The molecule has 1 rings (SSSR count). The first kappa shape index (κ1) is 15.4. The van der Waals surface area contributed by atoms with Crippen LogP contribution in [0, 0.1) is 0 Å². The van der Waals surface area contributed by atoms with E-state index in [-0.39, 0.29) is 30.9 Å². The van der Waals surface area contributed by atoms with Crippen LogP contribution < -0.4 is 5.73 Å². The molecular weight excluding hydrogens is 234 g/mol. The molecule has 0 aromatic rings. The van der Waals surface area contributed by atoms with Gasteiger partial charge in [0.25, 0.3) is 0 Å². The van der Waals surface area contributed by atoms with E-state index in [4.69, 9.17) is 19.9 Å². The summed E-state index contributed by atoms with van der Waals surface area (Å²) in [6.45, 7) is 7.99. The molecule has 0 amide bonds. The van der Waals surface area contributed by atoms with Crippen LogP contribution in [0.4, 0.5) is 0 Å². The summed E-state index contributed by atoms with van der Waals surface area (Å²) in [6.07, 6.45) is 1.40. The van der Waals surface area contributed by atoms with Crippen LogP contribution in [0.25, 0.3) is 0 Å². The molecule has 18 heavy (non-hydrogen) atoms. The highest BCUT2D eigenvalue weighted by Crippen LogP contribution is 2.23. The number of hydrogen-bond donors (Lipinski definition) is 1. The van der Waals surface area contributed by atoms with E-state index in [0.29, 0.717) is 13.0 Å². The maximum Gasteiger partial charge on any atom is 0.308 e. The van der Waals surface area contributed by atoms with Crippen LogP contribution in [0.5, 0.6) is 0 Å². The van der Waals surface area contributed by atoms with Gasteiger partial charge in [-0.15, -0.1) is 0 Å². The van der Waals surface area contributed by atoms with Crippen LogP contribution >= 0.6 is 0 Å². The lowest BCUT2D eigenvalue weighted by Crippen LogP contribution is -2.39. The Morgan fingerprint density at radius 2 is 1.94 bits per heavy atom. The highest BCUT2D eigenvalue weighted by atomic mass is 16.7. The maximum atomic E-state index is 11.7. The minimum atomic E-state index is -0.454. The molecular formula is C13H25NO4. The van der Waals surface area contributed by atoms with Crippen LogP contribution in [-0.2, 0) is 19.0 Å². The molecule has 1 heterocycles. The Bertz CT molecular complexity index is 275. The van der Waals surface area contributed by atoms with E-state index in [2.05, 4.69) is 0 Å². The first-order valence-electron chi connectivity index (χ1n) is 6.53. The fraction of sp³-hybridized carbons (Fsp3) is 0.923. The average molecular weight is 259 g/mol. The molecule has 3 atom stereocenters. The SMILES string of the molecule is C[C@H]1O[C@H](CCN)C[C@H](CC(=O)OC(C)(C)C)O1. The highest BCUT2D eigenvalue weighted by molar-refractivity contribution is 5.70. The summed E-state index contributed by atoms with van der Waals surface area (Å²) in [4.78, 5) is 11.7. The van der Waals surface area contributed by atoms with E-state index in [9.17, 15) is 4.79 Å². The molecule has 1 aliphatic rings. The second-order valence-corrected chi connectivity index (χ2v) is 5.69. The number of ether oxygens (including phenoxy) is 3. The molecule has 1 fully saturated rings. The van der Waals surface area contributed by atoms with Gasteiger partial charge in [-0.25, -0.2) is 0 Å². The Kier molecular flexibility index (Phi) is 5.56. The fourth-order valence-corrected chi connectivity index (χ4v) is 2.05. The van der Waals surface area contributed by atoms with Crippen molar-refractivity contribution in [1.82, 2.24) is 0 Å². The predicted octanol–water partition coefficient (Wildman–Crippen LogP) is 1.59. The van der Waals surface area contributed by atoms with Crippen LogP contribution in [0.15, 0.2) is 0 Å². The molecule has 5 heteroatoms. The molecule has 5 nitrogen and oxygen atoms in total. The number of nitrogens with two attached hydrogens (primary N) is 1. The molecule has 0 spiro atoms. The number of carbonyl (C=O) groups is 1. The zero-order chi connectivity index (χ0) is 13.8. The van der Waals surface area contributed by atoms with Crippen molar-refractivity contribution in [2.45, 2.75) is 71.1 Å². The van der Waals surface area contributed by atoms with Gasteiger partial charge in [0.15, 0.2) is 6.29 Å². The van der Waals surface area contributed by atoms with E-state index in [1.807, 2.05) is 27.7 Å². The summed E-state index contributed by atoms with van der Waals surface area (Å²) < 4.78 is 16.5. The summed E-state index contributed by atoms with van der Waals surface area (Å²) in [6, 6.07) is 0. The molecule has 0 aliphatic carbocycles. The lowest BCUT2D eigenvalue weighted by atomic mass is 10.0. The smallest absolute Gasteiger partial charge is 0.308 e. The third-order valence-corrected chi connectivity index (χ3v) is 2.60. The third kappa shape index (κ3) is 5.80. The van der Waals surface area contributed by atoms with E-state index in [1.165, 1.54) is 0 Å². The van der Waals surface area contributed by atoms with Gasteiger partial charge in [-0.3, -0.25) is 4.79 Å². The van der Waals surface area contributed by atoms with Crippen LogP contribution in [0.3, 0.4) is 0 Å². The van der Waals surface area contributed by atoms with Gasteiger partial charge in [-0.05, 0) is 40.7 Å². The summed E-state index contributed by atoms with van der Waals surface area (Å²) in [7, 11) is 0. The van der Waals surface area contributed by atoms with E-state index < -0.39 is 5.60 Å². The van der Waals surface area contributed by atoms with Gasteiger partial charge in [-0.2, -0.15) is 0 Å². The van der Waals surface area contributed by atoms with Crippen molar-refractivity contribution in [1.29, 1.82) is 0 Å². The van der Waals surface area contributed by atoms with Crippen molar-refractivity contribution in [3.8, 4) is 0 Å². The number of hydrogen-bond acceptors (Lipinski definition) is 5. The second-order valence-electron chi connectivity index (χ2n) is 5.69. The first-order chi connectivity index (χ1) is 8.30. The average Bonchev–Trinajstić information content (AvgIpc) is 2.12. The minimum Gasteiger partial charge on any atom is -0.460 e. The van der Waals surface area contributed by atoms with Crippen LogP contribution in [0.1, 0.15) is 47.0 Å². The Morgan fingerprint density at radius 1 is 1.33 bits per heavy atom. The highest BCUT2D eigenvalue weighted by Gasteiger charge is 2.30. The zero-order valence-corrected chi connectivity index (χ0v) is 11.8. The lowest BCUT2D eigenvalue weighted by Gasteiger charge is -2.34. The second kappa shape index (κ2) is 6.50. The Labute approximate surface area is 109 Å². The summed E-state index contributed by atoms with van der Waals surface area (Å²) >= 11 is 0. The molecule has 0 unspecified atom stereocenters. The molecule has 0 aromatic carbocycles. The lowest BCUT2D eigenvalue weighted by molar-refractivity contribution is -0.236. The minimum absolute atomic E-state index is 0.0752. The van der Waals surface area contributed by atoms with Crippen LogP contribution in [-0.4, -0.2) is 36.6 Å². The quantitative estimate of drug-likeness (QED) is 0.776. The third-order valence-electron chi connectivity index (χ3n) is 2.60. The standard InChI is InChI=1S/C13H25NO4/c1-9-16-10(5-6-14)7-11(17-9)8-12(15)18-13(2,3)4/h9-11H,5-8,14H2,1-4H3/t9-,10+,11+/m0/s1. The monoisotopic (exact) mass is 259 g/mol.